The monoisotopic (exact) mass is 455 g/mol. The van der Waals surface area contributed by atoms with Gasteiger partial charge in [0.1, 0.15) is 6.54 Å². The molecule has 0 radical (unpaired) electrons. The van der Waals surface area contributed by atoms with Crippen LogP contribution >= 0.6 is 0 Å². The smallest absolute Gasteiger partial charge is 0.325 e. The summed E-state index contributed by atoms with van der Waals surface area (Å²) in [4.78, 5) is 46.6. The van der Waals surface area contributed by atoms with Crippen LogP contribution < -0.4 is 16.6 Å². The van der Waals surface area contributed by atoms with Crippen molar-refractivity contribution in [3.63, 3.8) is 0 Å². The molecule has 3 heterocycles. The first-order valence-corrected chi connectivity index (χ1v) is 9.68. The van der Waals surface area contributed by atoms with Crippen molar-refractivity contribution in [3.8, 4) is 0 Å². The van der Waals surface area contributed by atoms with Crippen molar-refractivity contribution in [1.82, 2.24) is 19.1 Å². The van der Waals surface area contributed by atoms with Crippen molar-refractivity contribution in [2.24, 2.45) is 0 Å². The third-order valence-electron chi connectivity index (χ3n) is 4.83. The van der Waals surface area contributed by atoms with Gasteiger partial charge in [0.2, 0.25) is 5.91 Å². The van der Waals surface area contributed by atoms with Gasteiger partial charge in [0, 0.05) is 24.3 Å². The summed E-state index contributed by atoms with van der Waals surface area (Å²) in [5, 5.41) is 2.36. The number of carbonyl (C=O) groups is 1. The van der Waals surface area contributed by atoms with Crippen LogP contribution in [0.15, 0.2) is 76.7 Å². The molecular formula is C22H16F3N5O3. The molecule has 4 aromatic rings. The number of halogens is 3. The van der Waals surface area contributed by atoms with Crippen molar-refractivity contribution in [1.29, 1.82) is 0 Å². The fourth-order valence-electron chi connectivity index (χ4n) is 3.33. The Morgan fingerprint density at radius 2 is 1.79 bits per heavy atom. The Hall–Kier alpha value is -4.28. The van der Waals surface area contributed by atoms with Gasteiger partial charge in [-0.1, -0.05) is 12.1 Å². The van der Waals surface area contributed by atoms with Gasteiger partial charge in [-0.2, -0.15) is 13.2 Å². The number of alkyl halides is 3. The van der Waals surface area contributed by atoms with Gasteiger partial charge in [0.15, 0.2) is 5.52 Å². The third-order valence-corrected chi connectivity index (χ3v) is 4.83. The van der Waals surface area contributed by atoms with E-state index in [0.29, 0.717) is 5.56 Å². The number of hydrogen-bond acceptors (Lipinski definition) is 5. The number of hydrogen-bond donors (Lipinski definition) is 1. The average molecular weight is 455 g/mol. The summed E-state index contributed by atoms with van der Waals surface area (Å²) in [5.41, 5.74) is -1.68. The van der Waals surface area contributed by atoms with Gasteiger partial charge in [0.05, 0.1) is 17.6 Å². The lowest BCUT2D eigenvalue weighted by Gasteiger charge is -2.14. The summed E-state index contributed by atoms with van der Waals surface area (Å²) in [7, 11) is 0. The lowest BCUT2D eigenvalue weighted by Crippen LogP contribution is -2.42. The molecule has 1 N–H and O–H groups in total. The zero-order valence-electron chi connectivity index (χ0n) is 16.9. The van der Waals surface area contributed by atoms with E-state index in [9.17, 15) is 27.6 Å². The number of carbonyl (C=O) groups excluding carboxylic acids is 1. The summed E-state index contributed by atoms with van der Waals surface area (Å²) in [5.74, 6) is -0.742. The lowest BCUT2D eigenvalue weighted by molar-refractivity contribution is -0.137. The van der Waals surface area contributed by atoms with Crippen LogP contribution in [-0.2, 0) is 24.1 Å². The molecule has 0 spiro atoms. The number of benzene rings is 1. The number of amides is 1. The van der Waals surface area contributed by atoms with Crippen LogP contribution in [-0.4, -0.2) is 25.0 Å². The van der Waals surface area contributed by atoms with Gasteiger partial charge in [-0.15, -0.1) is 0 Å². The number of pyridine rings is 2. The summed E-state index contributed by atoms with van der Waals surface area (Å²) >= 11 is 0. The third kappa shape index (κ3) is 4.66. The van der Waals surface area contributed by atoms with E-state index >= 15 is 0 Å². The minimum absolute atomic E-state index is 0.0205. The van der Waals surface area contributed by atoms with Crippen molar-refractivity contribution in [2.45, 2.75) is 19.3 Å². The molecule has 0 saturated carbocycles. The van der Waals surface area contributed by atoms with Crippen LogP contribution in [0.1, 0.15) is 11.1 Å². The van der Waals surface area contributed by atoms with Gasteiger partial charge in [-0.3, -0.25) is 23.7 Å². The number of aromatic nitrogens is 4. The standard InChI is InChI=1S/C22H16F3N5O3/c23-22(24,25)15-5-1-6-16(10-15)28-18(31)13-29-17-7-3-9-27-19(17)20(32)30(21(29)33)12-14-4-2-8-26-11-14/h1-11H,12-13H2,(H,28,31). The van der Waals surface area contributed by atoms with Crippen molar-refractivity contribution >= 4 is 22.6 Å². The van der Waals surface area contributed by atoms with Crippen molar-refractivity contribution in [2.75, 3.05) is 5.32 Å². The number of rotatable bonds is 5. The second-order valence-corrected chi connectivity index (χ2v) is 7.12. The molecule has 3 aromatic heterocycles. The van der Waals surface area contributed by atoms with Gasteiger partial charge in [0.25, 0.3) is 5.56 Å². The van der Waals surface area contributed by atoms with E-state index in [1.807, 2.05) is 0 Å². The SMILES string of the molecule is O=C(Cn1c(=O)n(Cc2cccnc2)c(=O)c2ncccc21)Nc1cccc(C(F)(F)F)c1. The van der Waals surface area contributed by atoms with E-state index < -0.39 is 35.4 Å². The number of nitrogens with one attached hydrogen (secondary N) is 1. The van der Waals surface area contributed by atoms with Crippen LogP contribution in [0.5, 0.6) is 0 Å². The highest BCUT2D eigenvalue weighted by atomic mass is 19.4. The number of fused-ring (bicyclic) bond motifs is 1. The molecule has 0 aliphatic carbocycles. The van der Waals surface area contributed by atoms with Crippen molar-refractivity contribution < 1.29 is 18.0 Å². The molecule has 33 heavy (non-hydrogen) atoms. The highest BCUT2D eigenvalue weighted by Crippen LogP contribution is 2.30. The van der Waals surface area contributed by atoms with Gasteiger partial charge >= 0.3 is 11.9 Å². The molecule has 0 unspecified atom stereocenters. The lowest BCUT2D eigenvalue weighted by atomic mass is 10.2. The van der Waals surface area contributed by atoms with Gasteiger partial charge in [-0.25, -0.2) is 9.78 Å². The van der Waals surface area contributed by atoms with E-state index in [4.69, 9.17) is 0 Å². The normalized spacial score (nSPS) is 11.5. The van der Waals surface area contributed by atoms with Crippen LogP contribution in [0.25, 0.3) is 11.0 Å². The zero-order chi connectivity index (χ0) is 23.6. The maximum Gasteiger partial charge on any atom is 0.416 e. The van der Waals surface area contributed by atoms with E-state index in [2.05, 4.69) is 15.3 Å². The Kier molecular flexibility index (Phi) is 5.78. The molecule has 8 nitrogen and oxygen atoms in total. The minimum atomic E-state index is -4.57. The van der Waals surface area contributed by atoms with Crippen LogP contribution in [0.4, 0.5) is 18.9 Å². The highest BCUT2D eigenvalue weighted by Gasteiger charge is 2.30. The summed E-state index contributed by atoms with van der Waals surface area (Å²) in [6.45, 7) is -0.627. The maximum atomic E-state index is 13.1. The Morgan fingerprint density at radius 3 is 2.52 bits per heavy atom. The van der Waals surface area contributed by atoms with Gasteiger partial charge < -0.3 is 5.32 Å². The predicted octanol–water partition coefficient (Wildman–Crippen LogP) is 2.66. The first-order chi connectivity index (χ1) is 15.7. The Balaban J connectivity index is 1.71. The van der Waals surface area contributed by atoms with E-state index in [0.717, 1.165) is 27.3 Å². The van der Waals surface area contributed by atoms with Crippen molar-refractivity contribution in [3.05, 3.63) is 99.1 Å². The van der Waals surface area contributed by atoms with E-state index in [1.54, 1.807) is 18.3 Å². The Labute approximate surface area is 184 Å². The zero-order valence-corrected chi connectivity index (χ0v) is 16.9. The molecule has 168 valence electrons. The molecule has 0 aliphatic rings. The molecule has 0 atom stereocenters. The minimum Gasteiger partial charge on any atom is -0.325 e. The summed E-state index contributed by atoms with van der Waals surface area (Å²) in [6.07, 6.45) is -0.138. The highest BCUT2D eigenvalue weighted by molar-refractivity contribution is 5.91. The topological polar surface area (TPSA) is 98.9 Å². The number of nitrogens with zero attached hydrogens (tertiary/aromatic N) is 4. The first-order valence-electron chi connectivity index (χ1n) is 9.68. The maximum absolute atomic E-state index is 13.1. The molecule has 0 aliphatic heterocycles. The quantitative estimate of drug-likeness (QED) is 0.499. The molecule has 1 aromatic carbocycles. The molecule has 0 saturated heterocycles. The molecule has 11 heteroatoms. The Morgan fingerprint density at radius 1 is 1.00 bits per heavy atom. The van der Waals surface area contributed by atoms with Gasteiger partial charge in [-0.05, 0) is 42.0 Å². The molecular weight excluding hydrogens is 439 g/mol. The number of anilines is 1. The van der Waals surface area contributed by atoms with Crippen LogP contribution in [0.3, 0.4) is 0 Å². The Bertz CT molecular complexity index is 1450. The fourth-order valence-corrected chi connectivity index (χ4v) is 3.33. The molecule has 0 fully saturated rings. The largest absolute Gasteiger partial charge is 0.416 e. The predicted molar refractivity (Wildman–Crippen MR) is 114 cm³/mol. The molecule has 4 rings (SSSR count). The first kappa shape index (κ1) is 21.9. The van der Waals surface area contributed by atoms with Crippen LogP contribution in [0.2, 0.25) is 0 Å². The fraction of sp³-hybridized carbons (Fsp3) is 0.136. The van der Waals surface area contributed by atoms with E-state index in [1.165, 1.54) is 30.6 Å². The second-order valence-electron chi connectivity index (χ2n) is 7.12. The van der Waals surface area contributed by atoms with E-state index in [-0.39, 0.29) is 23.3 Å². The summed E-state index contributed by atoms with van der Waals surface area (Å²) in [6, 6.07) is 10.5. The van der Waals surface area contributed by atoms with Crippen LogP contribution in [0, 0.1) is 0 Å². The summed E-state index contributed by atoms with van der Waals surface area (Å²) < 4.78 is 40.8. The molecule has 1 amide bonds. The molecule has 0 bridgehead atoms. The second kappa shape index (κ2) is 8.69. The average Bonchev–Trinajstić information content (AvgIpc) is 2.80.